The van der Waals surface area contributed by atoms with Gasteiger partial charge in [0.2, 0.25) is 0 Å². The standard InChI is InChI=1S/C26H34N6O4/c1-31(10-6-5-9-18(33)11-17-12-19(17)16-7-3-2-4-8-16)13-20-22(34)23(35)26(36-20)32-15-30-21-24(27)28-14-29-25(21)32/h2-4,7-8,14-15,17,19-20,22-23,26,34-35H,5-6,9-13H2,1H3,(H2,27,28,29)/t17-,19+,20-,22-,23-,26-/m1/s1. The third-order valence-corrected chi connectivity index (χ3v) is 7.38. The largest absolute Gasteiger partial charge is 0.387 e. The molecule has 2 aliphatic rings. The zero-order chi connectivity index (χ0) is 25.2. The highest BCUT2D eigenvalue weighted by Crippen LogP contribution is 2.49. The molecule has 192 valence electrons. The van der Waals surface area contributed by atoms with Crippen LogP contribution in [0.2, 0.25) is 0 Å². The number of fused-ring (bicyclic) bond motifs is 1. The summed E-state index contributed by atoms with van der Waals surface area (Å²) in [4.78, 5) is 26.8. The van der Waals surface area contributed by atoms with E-state index in [9.17, 15) is 15.0 Å². The number of aliphatic hydroxyl groups is 2. The maximum atomic E-state index is 12.4. The first-order chi connectivity index (χ1) is 17.4. The Morgan fingerprint density at radius 1 is 1.17 bits per heavy atom. The predicted octanol–water partition coefficient (Wildman–Crippen LogP) is 1.89. The maximum Gasteiger partial charge on any atom is 0.167 e. The van der Waals surface area contributed by atoms with E-state index in [2.05, 4.69) is 44.1 Å². The normalized spacial score (nSPS) is 27.7. The number of imidazole rings is 1. The number of ketones is 1. The molecule has 10 nitrogen and oxygen atoms in total. The molecule has 3 aromatic rings. The first-order valence-electron chi connectivity index (χ1n) is 12.6. The minimum Gasteiger partial charge on any atom is -0.387 e. The van der Waals surface area contributed by atoms with Gasteiger partial charge < -0.3 is 25.6 Å². The van der Waals surface area contributed by atoms with Gasteiger partial charge in [-0.3, -0.25) is 9.36 Å². The molecule has 5 rings (SSSR count). The number of unbranched alkanes of at least 4 members (excludes halogenated alkanes) is 1. The first kappa shape index (κ1) is 24.8. The van der Waals surface area contributed by atoms with Crippen LogP contribution in [0.3, 0.4) is 0 Å². The topological polar surface area (TPSA) is 140 Å². The molecule has 0 amide bonds. The molecule has 1 aliphatic heterocycles. The summed E-state index contributed by atoms with van der Waals surface area (Å²) < 4.78 is 7.60. The summed E-state index contributed by atoms with van der Waals surface area (Å²) in [6.45, 7) is 1.22. The molecule has 0 radical (unpaired) electrons. The average molecular weight is 495 g/mol. The number of hydrogen-bond acceptors (Lipinski definition) is 9. The Kier molecular flexibility index (Phi) is 7.29. The van der Waals surface area contributed by atoms with E-state index >= 15 is 0 Å². The Balaban J connectivity index is 1.04. The van der Waals surface area contributed by atoms with E-state index in [1.165, 1.54) is 18.2 Å². The van der Waals surface area contributed by atoms with Gasteiger partial charge in [-0.15, -0.1) is 0 Å². The van der Waals surface area contributed by atoms with Crippen molar-refractivity contribution in [3.63, 3.8) is 0 Å². The van der Waals surface area contributed by atoms with Gasteiger partial charge in [-0.25, -0.2) is 15.0 Å². The summed E-state index contributed by atoms with van der Waals surface area (Å²) in [6, 6.07) is 10.4. The monoisotopic (exact) mass is 494 g/mol. The van der Waals surface area contributed by atoms with Gasteiger partial charge in [-0.2, -0.15) is 0 Å². The molecule has 2 aromatic heterocycles. The van der Waals surface area contributed by atoms with Crippen LogP contribution in [-0.4, -0.2) is 78.9 Å². The molecule has 4 N–H and O–H groups in total. The third kappa shape index (κ3) is 5.27. The van der Waals surface area contributed by atoms with Crippen LogP contribution in [0, 0.1) is 5.92 Å². The van der Waals surface area contributed by atoms with Crippen molar-refractivity contribution in [3.8, 4) is 0 Å². The summed E-state index contributed by atoms with van der Waals surface area (Å²) in [5.41, 5.74) is 8.07. The van der Waals surface area contributed by atoms with E-state index < -0.39 is 24.5 Å². The number of nitrogens with zero attached hydrogens (tertiary/aromatic N) is 5. The van der Waals surface area contributed by atoms with Crippen molar-refractivity contribution >= 4 is 22.8 Å². The summed E-state index contributed by atoms with van der Waals surface area (Å²) in [5.74, 6) is 1.63. The van der Waals surface area contributed by atoms with Crippen LogP contribution in [0.5, 0.6) is 0 Å². The molecule has 0 unspecified atom stereocenters. The highest BCUT2D eigenvalue weighted by Gasteiger charge is 2.44. The average Bonchev–Trinajstić information content (AvgIpc) is 3.41. The number of nitrogen functional groups attached to an aromatic ring is 1. The molecular formula is C26H34N6O4. The molecular weight excluding hydrogens is 460 g/mol. The van der Waals surface area contributed by atoms with Crippen molar-refractivity contribution in [2.75, 3.05) is 25.9 Å². The molecule has 1 aromatic carbocycles. The predicted molar refractivity (Wildman–Crippen MR) is 134 cm³/mol. The molecule has 1 aliphatic carbocycles. The van der Waals surface area contributed by atoms with Crippen LogP contribution in [0.1, 0.15) is 49.8 Å². The number of likely N-dealkylation sites (N-methyl/N-ethyl adjacent to an activating group) is 1. The number of carbonyl (C=O) groups is 1. The summed E-state index contributed by atoms with van der Waals surface area (Å²) >= 11 is 0. The number of Topliss-reactive ketones (excluding diaryl/α,β-unsaturated/α-hetero) is 1. The van der Waals surface area contributed by atoms with Crippen molar-refractivity contribution < 1.29 is 19.7 Å². The van der Waals surface area contributed by atoms with Crippen molar-refractivity contribution in [3.05, 3.63) is 48.5 Å². The molecule has 1 saturated carbocycles. The Bertz CT molecular complexity index is 1190. The van der Waals surface area contributed by atoms with E-state index in [0.29, 0.717) is 48.2 Å². The van der Waals surface area contributed by atoms with Gasteiger partial charge >= 0.3 is 0 Å². The second-order valence-electron chi connectivity index (χ2n) is 10.1. The quantitative estimate of drug-likeness (QED) is 0.341. The fraction of sp³-hybridized carbons (Fsp3) is 0.538. The molecule has 3 heterocycles. The summed E-state index contributed by atoms with van der Waals surface area (Å²) in [5, 5.41) is 21.2. The van der Waals surface area contributed by atoms with Crippen LogP contribution < -0.4 is 5.73 Å². The number of aromatic nitrogens is 4. The Morgan fingerprint density at radius 2 is 1.97 bits per heavy atom. The van der Waals surface area contributed by atoms with Gasteiger partial charge in [0.15, 0.2) is 17.7 Å². The van der Waals surface area contributed by atoms with Crippen LogP contribution >= 0.6 is 0 Å². The zero-order valence-electron chi connectivity index (χ0n) is 20.5. The summed E-state index contributed by atoms with van der Waals surface area (Å²) in [6.07, 6.45) is 3.37. The minimum absolute atomic E-state index is 0.245. The summed E-state index contributed by atoms with van der Waals surface area (Å²) in [7, 11) is 1.95. The number of rotatable bonds is 11. The highest BCUT2D eigenvalue weighted by molar-refractivity contribution is 5.81. The van der Waals surface area contributed by atoms with Crippen molar-refractivity contribution in [1.82, 2.24) is 24.4 Å². The number of anilines is 1. The number of benzene rings is 1. The SMILES string of the molecule is CN(CCCCC(=O)C[C@@H]1C[C@H]1c1ccccc1)C[C@H]1O[C@@H](n2cnc3c(N)ncnc32)[C@H](O)[C@@H]1O. The molecule has 0 spiro atoms. The van der Waals surface area contributed by atoms with E-state index in [0.717, 1.165) is 25.8 Å². The van der Waals surface area contributed by atoms with E-state index in [1.807, 2.05) is 13.1 Å². The van der Waals surface area contributed by atoms with Gasteiger partial charge in [0.1, 0.15) is 35.9 Å². The molecule has 0 bridgehead atoms. The Morgan fingerprint density at radius 3 is 2.78 bits per heavy atom. The number of nitrogens with two attached hydrogens (primary N) is 1. The Hall–Kier alpha value is -2.92. The first-order valence-corrected chi connectivity index (χ1v) is 12.6. The second kappa shape index (κ2) is 10.6. The third-order valence-electron chi connectivity index (χ3n) is 7.38. The van der Waals surface area contributed by atoms with Crippen molar-refractivity contribution in [1.29, 1.82) is 0 Å². The molecule has 10 heteroatoms. The number of hydrogen-bond donors (Lipinski definition) is 3. The van der Waals surface area contributed by atoms with Gasteiger partial charge in [0, 0.05) is 19.4 Å². The van der Waals surface area contributed by atoms with Crippen LogP contribution in [-0.2, 0) is 9.53 Å². The fourth-order valence-corrected chi connectivity index (χ4v) is 5.24. The van der Waals surface area contributed by atoms with Crippen LogP contribution in [0.4, 0.5) is 5.82 Å². The lowest BCUT2D eigenvalue weighted by Gasteiger charge is -2.22. The van der Waals surface area contributed by atoms with Gasteiger partial charge in [0.05, 0.1) is 6.33 Å². The van der Waals surface area contributed by atoms with E-state index in [4.69, 9.17) is 10.5 Å². The zero-order valence-corrected chi connectivity index (χ0v) is 20.5. The van der Waals surface area contributed by atoms with E-state index in [1.54, 1.807) is 4.57 Å². The van der Waals surface area contributed by atoms with Crippen LogP contribution in [0.15, 0.2) is 43.0 Å². The molecule has 6 atom stereocenters. The minimum atomic E-state index is -1.13. The highest BCUT2D eigenvalue weighted by atomic mass is 16.6. The molecule has 1 saturated heterocycles. The van der Waals surface area contributed by atoms with Crippen LogP contribution in [0.25, 0.3) is 11.2 Å². The number of carbonyl (C=O) groups excluding carboxylic acids is 1. The fourth-order valence-electron chi connectivity index (χ4n) is 5.24. The van der Waals surface area contributed by atoms with Crippen molar-refractivity contribution in [2.45, 2.75) is 62.6 Å². The van der Waals surface area contributed by atoms with E-state index in [-0.39, 0.29) is 5.82 Å². The van der Waals surface area contributed by atoms with Crippen molar-refractivity contribution in [2.24, 2.45) is 5.92 Å². The lowest BCUT2D eigenvalue weighted by atomic mass is 10.0. The maximum absolute atomic E-state index is 12.4. The molecule has 2 fully saturated rings. The lowest BCUT2D eigenvalue weighted by molar-refractivity contribution is -0.119. The van der Waals surface area contributed by atoms with Gasteiger partial charge in [0.25, 0.3) is 0 Å². The number of ether oxygens (including phenoxy) is 1. The van der Waals surface area contributed by atoms with Gasteiger partial charge in [-0.05, 0) is 50.3 Å². The second-order valence-corrected chi connectivity index (χ2v) is 10.1. The van der Waals surface area contributed by atoms with Gasteiger partial charge in [-0.1, -0.05) is 30.3 Å². The smallest absolute Gasteiger partial charge is 0.167 e. The number of aliphatic hydroxyl groups excluding tert-OH is 2. The Labute approximate surface area is 210 Å². The lowest BCUT2D eigenvalue weighted by Crippen LogP contribution is -2.38. The molecule has 36 heavy (non-hydrogen) atoms.